The summed E-state index contributed by atoms with van der Waals surface area (Å²) in [6.07, 6.45) is -1.74. The third-order valence-electron chi connectivity index (χ3n) is 4.57. The molecule has 0 amide bonds. The van der Waals surface area contributed by atoms with Crippen molar-refractivity contribution < 1.29 is 18.3 Å². The molecule has 2 aromatic rings. The first-order valence-corrected chi connectivity index (χ1v) is 7.36. The van der Waals surface area contributed by atoms with Crippen LogP contribution in [0.3, 0.4) is 0 Å². The molecule has 3 unspecified atom stereocenters. The van der Waals surface area contributed by atoms with Crippen LogP contribution in [-0.4, -0.2) is 41.7 Å². The van der Waals surface area contributed by atoms with Gasteiger partial charge in [0.15, 0.2) is 5.58 Å². The van der Waals surface area contributed by atoms with Gasteiger partial charge < -0.3 is 19.7 Å². The average Bonchev–Trinajstić information content (AvgIpc) is 2.90. The lowest BCUT2D eigenvalue weighted by Gasteiger charge is -2.47. The first kappa shape index (κ1) is 13.9. The van der Waals surface area contributed by atoms with Crippen LogP contribution in [0.25, 0.3) is 11.1 Å². The highest BCUT2D eigenvalue weighted by atomic mass is 19.3. The maximum atomic E-state index is 13.1. The van der Waals surface area contributed by atoms with Crippen molar-refractivity contribution >= 4 is 17.1 Å². The number of oxazole rings is 1. The minimum Gasteiger partial charge on any atom is -0.423 e. The predicted molar refractivity (Wildman–Crippen MR) is 77.1 cm³/mol. The number of para-hydroxylation sites is 1. The Hall–Kier alpha value is -1.73. The number of piperidine rings is 1. The van der Waals surface area contributed by atoms with E-state index < -0.39 is 12.0 Å². The largest absolute Gasteiger partial charge is 0.423 e. The van der Waals surface area contributed by atoms with Gasteiger partial charge in [-0.15, -0.1) is 0 Å². The van der Waals surface area contributed by atoms with E-state index in [1.54, 1.807) is 12.1 Å². The van der Waals surface area contributed by atoms with E-state index >= 15 is 0 Å². The summed E-state index contributed by atoms with van der Waals surface area (Å²) in [6, 6.07) is 6.06. The molecule has 2 N–H and O–H groups in total. The number of alkyl halides is 2. The monoisotopic (exact) mass is 309 g/mol. The van der Waals surface area contributed by atoms with Crippen molar-refractivity contribution in [3.63, 3.8) is 0 Å². The number of benzene rings is 1. The molecule has 1 aromatic heterocycles. The van der Waals surface area contributed by atoms with Crippen LogP contribution in [0.4, 0.5) is 14.8 Å². The van der Waals surface area contributed by atoms with Crippen molar-refractivity contribution in [2.75, 3.05) is 18.0 Å². The highest BCUT2D eigenvalue weighted by molar-refractivity contribution is 5.79. The standard InChI is InChI=1S/C15H17F2N3O2/c1-15(21,13(16)17)10-3-2-4-11-12(10)19-14(22-11)20-6-8-5-9(7-20)18-8/h2-4,8-9,13,18,21H,5-7H2,1H3. The zero-order valence-electron chi connectivity index (χ0n) is 12.1. The number of aliphatic hydroxyl groups is 1. The van der Waals surface area contributed by atoms with Crippen LogP contribution in [-0.2, 0) is 5.60 Å². The second kappa shape index (κ2) is 4.63. The van der Waals surface area contributed by atoms with Crippen LogP contribution in [0.2, 0.25) is 0 Å². The van der Waals surface area contributed by atoms with E-state index in [-0.39, 0.29) is 5.56 Å². The van der Waals surface area contributed by atoms with Crippen molar-refractivity contribution in [1.29, 1.82) is 0 Å². The summed E-state index contributed by atoms with van der Waals surface area (Å²) < 4.78 is 32.0. The van der Waals surface area contributed by atoms with Gasteiger partial charge in [0.2, 0.25) is 0 Å². The van der Waals surface area contributed by atoms with Gasteiger partial charge in [-0.2, -0.15) is 4.98 Å². The molecule has 2 bridgehead atoms. The number of hydrogen-bond acceptors (Lipinski definition) is 5. The molecule has 0 radical (unpaired) electrons. The molecule has 0 aliphatic carbocycles. The molecule has 1 aromatic carbocycles. The third kappa shape index (κ3) is 1.99. The quantitative estimate of drug-likeness (QED) is 0.906. The fourth-order valence-electron chi connectivity index (χ4n) is 3.27. The molecule has 3 fully saturated rings. The van der Waals surface area contributed by atoms with Gasteiger partial charge in [0.25, 0.3) is 12.4 Å². The topological polar surface area (TPSA) is 61.5 Å². The van der Waals surface area contributed by atoms with E-state index in [2.05, 4.69) is 10.3 Å². The Morgan fingerprint density at radius 1 is 1.41 bits per heavy atom. The lowest BCUT2D eigenvalue weighted by molar-refractivity contribution is -0.0874. The van der Waals surface area contributed by atoms with E-state index in [0.29, 0.717) is 29.2 Å². The molecular formula is C15H17F2N3O2. The van der Waals surface area contributed by atoms with Crippen molar-refractivity contribution in [3.8, 4) is 0 Å². The van der Waals surface area contributed by atoms with Gasteiger partial charge in [-0.25, -0.2) is 8.78 Å². The van der Waals surface area contributed by atoms with Crippen molar-refractivity contribution in [3.05, 3.63) is 23.8 Å². The number of nitrogens with zero attached hydrogens (tertiary/aromatic N) is 2. The zero-order valence-corrected chi connectivity index (χ0v) is 12.1. The van der Waals surface area contributed by atoms with Crippen LogP contribution >= 0.6 is 0 Å². The Balaban J connectivity index is 1.74. The third-order valence-corrected chi connectivity index (χ3v) is 4.57. The van der Waals surface area contributed by atoms with Gasteiger partial charge in [-0.1, -0.05) is 12.1 Å². The van der Waals surface area contributed by atoms with Crippen molar-refractivity contribution in [1.82, 2.24) is 10.3 Å². The summed E-state index contributed by atoms with van der Waals surface area (Å²) in [5.74, 6) is 0. The molecule has 22 heavy (non-hydrogen) atoms. The van der Waals surface area contributed by atoms with Gasteiger partial charge in [-0.05, 0) is 19.4 Å². The molecule has 118 valence electrons. The van der Waals surface area contributed by atoms with Crippen LogP contribution in [0, 0.1) is 0 Å². The second-order valence-electron chi connectivity index (χ2n) is 6.30. The van der Waals surface area contributed by atoms with E-state index in [1.807, 2.05) is 4.90 Å². The fourth-order valence-corrected chi connectivity index (χ4v) is 3.27. The number of piperazine rings is 1. The van der Waals surface area contributed by atoms with Gasteiger partial charge >= 0.3 is 0 Å². The minimum absolute atomic E-state index is 0.0929. The molecule has 5 nitrogen and oxygen atoms in total. The Morgan fingerprint density at radius 2 is 2.09 bits per heavy atom. The highest BCUT2D eigenvalue weighted by Crippen LogP contribution is 2.35. The normalized spacial score (nSPS) is 27.0. The molecular weight excluding hydrogens is 292 g/mol. The van der Waals surface area contributed by atoms with Crippen LogP contribution in [0.5, 0.6) is 0 Å². The number of hydrogen-bond donors (Lipinski definition) is 2. The molecule has 3 saturated heterocycles. The Morgan fingerprint density at radius 3 is 2.73 bits per heavy atom. The Kier molecular flexibility index (Phi) is 2.93. The van der Waals surface area contributed by atoms with Gasteiger partial charge in [0, 0.05) is 30.7 Å². The predicted octanol–water partition coefficient (Wildman–Crippen LogP) is 1.85. The second-order valence-corrected chi connectivity index (χ2v) is 6.30. The SMILES string of the molecule is CC(O)(c1cccc2oc(N3CC4CC(C3)N4)nc12)C(F)F. The summed E-state index contributed by atoms with van der Waals surface area (Å²) in [6.45, 7) is 2.69. The Bertz CT molecular complexity index is 700. The lowest BCUT2D eigenvalue weighted by atomic mass is 9.92. The summed E-state index contributed by atoms with van der Waals surface area (Å²) >= 11 is 0. The first-order chi connectivity index (χ1) is 10.4. The van der Waals surface area contributed by atoms with Crippen LogP contribution in [0.1, 0.15) is 18.9 Å². The number of fused-ring (bicyclic) bond motifs is 3. The molecule has 0 saturated carbocycles. The molecule has 0 spiro atoms. The first-order valence-electron chi connectivity index (χ1n) is 7.36. The highest BCUT2D eigenvalue weighted by Gasteiger charge is 2.39. The summed E-state index contributed by atoms with van der Waals surface area (Å²) in [4.78, 5) is 6.40. The van der Waals surface area contributed by atoms with Gasteiger partial charge in [0.1, 0.15) is 11.1 Å². The number of nitrogens with one attached hydrogen (secondary N) is 1. The number of rotatable bonds is 3. The average molecular weight is 309 g/mol. The zero-order chi connectivity index (χ0) is 15.5. The Labute approximate surface area is 125 Å². The van der Waals surface area contributed by atoms with Crippen molar-refractivity contribution in [2.45, 2.75) is 37.5 Å². The maximum Gasteiger partial charge on any atom is 0.298 e. The van der Waals surface area contributed by atoms with E-state index in [4.69, 9.17) is 4.42 Å². The number of halogens is 2. The molecule has 3 aliphatic heterocycles. The molecule has 7 heteroatoms. The number of aromatic nitrogens is 1. The lowest BCUT2D eigenvalue weighted by Crippen LogP contribution is -2.67. The van der Waals surface area contributed by atoms with Gasteiger partial charge in [-0.3, -0.25) is 0 Å². The molecule has 4 heterocycles. The van der Waals surface area contributed by atoms with Gasteiger partial charge in [0.05, 0.1) is 0 Å². The van der Waals surface area contributed by atoms with Crippen LogP contribution in [0.15, 0.2) is 22.6 Å². The van der Waals surface area contributed by atoms with E-state index in [9.17, 15) is 13.9 Å². The van der Waals surface area contributed by atoms with Crippen LogP contribution < -0.4 is 10.2 Å². The molecule has 5 rings (SSSR count). The smallest absolute Gasteiger partial charge is 0.298 e. The fraction of sp³-hybridized carbons (Fsp3) is 0.533. The molecule has 3 aliphatic rings. The summed E-state index contributed by atoms with van der Waals surface area (Å²) in [7, 11) is 0. The maximum absolute atomic E-state index is 13.1. The summed E-state index contributed by atoms with van der Waals surface area (Å²) in [5, 5.41) is 13.5. The molecule has 3 atom stereocenters. The van der Waals surface area contributed by atoms with E-state index in [1.165, 1.54) is 6.07 Å². The van der Waals surface area contributed by atoms with E-state index in [0.717, 1.165) is 26.4 Å². The minimum atomic E-state index is -2.90. The van der Waals surface area contributed by atoms with Crippen molar-refractivity contribution in [2.24, 2.45) is 0 Å². The number of anilines is 1. The summed E-state index contributed by atoms with van der Waals surface area (Å²) in [5.41, 5.74) is -1.44.